The minimum Gasteiger partial charge on any atom is -0.368 e. The summed E-state index contributed by atoms with van der Waals surface area (Å²) in [6.07, 6.45) is 32.7. The van der Waals surface area contributed by atoms with E-state index >= 15 is 0 Å². The maximum Gasteiger partial charge on any atom is 0.230 e. The Labute approximate surface area is 625 Å². The average Bonchev–Trinajstić information content (AvgIpc) is 1.62. The molecule has 105 heavy (non-hydrogen) atoms. The number of aromatic nitrogens is 12. The van der Waals surface area contributed by atoms with Crippen molar-refractivity contribution in [3.05, 3.63) is 109 Å². The third-order valence-electron chi connectivity index (χ3n) is 24.7. The quantitative estimate of drug-likeness (QED) is 0.0974. The van der Waals surface area contributed by atoms with Crippen molar-refractivity contribution in [2.24, 2.45) is 4.99 Å². The Morgan fingerprint density at radius 2 is 0.790 bits per heavy atom. The summed E-state index contributed by atoms with van der Waals surface area (Å²) in [5, 5.41) is 13.3. The van der Waals surface area contributed by atoms with Crippen LogP contribution >= 0.6 is 12.2 Å². The van der Waals surface area contributed by atoms with Gasteiger partial charge in [-0.1, -0.05) is 70.0 Å². The summed E-state index contributed by atoms with van der Waals surface area (Å²) in [4.78, 5) is 66.2. The number of aliphatic imine (C=N–C) groups is 1. The molecular formula is C81H109N23S. The van der Waals surface area contributed by atoms with E-state index in [2.05, 4.69) is 181 Å². The van der Waals surface area contributed by atoms with Crippen LogP contribution < -0.4 is 30.7 Å². The SMILES string of the molecule is CC(C)N1CCN(c2ccc(Nc3ncc4cc5n(c4n3)C3(CCCCC3)CCC5=S)nc2)CC1.CC(C)N1CCN(c2ccc(Nc3ncc4cc5n(c4n3)C3(CCCCC3)CN(C)C5)nc2)CC1.CC1=NCC2(CCCCC2)n2c1cc1cnc(Nc3ccc(N4CCN(C(C)C)CC4)cn3)nc12. The smallest absolute Gasteiger partial charge is 0.230 e. The number of anilines is 9. The molecule has 23 nitrogen and oxygen atoms in total. The van der Waals surface area contributed by atoms with Crippen LogP contribution in [0.1, 0.15) is 175 Å². The third-order valence-corrected chi connectivity index (χ3v) is 25.2. The van der Waals surface area contributed by atoms with Gasteiger partial charge in [-0.05, 0) is 161 Å². The van der Waals surface area contributed by atoms with E-state index < -0.39 is 0 Å². The molecule has 3 aliphatic carbocycles. The zero-order chi connectivity index (χ0) is 72.0. The average molecular weight is 1440 g/mol. The van der Waals surface area contributed by atoms with Crippen LogP contribution in [0.2, 0.25) is 0 Å². The highest BCUT2D eigenvalue weighted by atomic mass is 32.1. The van der Waals surface area contributed by atoms with Crippen molar-refractivity contribution in [1.82, 2.24) is 78.2 Å². The first-order chi connectivity index (χ1) is 51.0. The molecule has 18 rings (SSSR count). The van der Waals surface area contributed by atoms with E-state index in [1.807, 2.05) is 55.4 Å². The summed E-state index contributed by atoms with van der Waals surface area (Å²) in [6, 6.07) is 21.1. The van der Waals surface area contributed by atoms with Crippen LogP contribution in [0.4, 0.5) is 52.4 Å². The van der Waals surface area contributed by atoms with E-state index in [0.717, 1.165) is 172 Å². The van der Waals surface area contributed by atoms with Crippen LogP contribution in [0, 0.1) is 0 Å². The fraction of sp³-hybridized carbons (Fsp3) is 0.568. The summed E-state index contributed by atoms with van der Waals surface area (Å²) in [7, 11) is 2.25. The van der Waals surface area contributed by atoms with Gasteiger partial charge in [-0.2, -0.15) is 15.0 Å². The van der Waals surface area contributed by atoms with Gasteiger partial charge in [-0.3, -0.25) is 24.6 Å². The van der Waals surface area contributed by atoms with Crippen molar-refractivity contribution in [1.29, 1.82) is 0 Å². The maximum atomic E-state index is 5.78. The largest absolute Gasteiger partial charge is 0.368 e. The monoisotopic (exact) mass is 1440 g/mol. The van der Waals surface area contributed by atoms with Gasteiger partial charge in [-0.15, -0.1) is 0 Å². The van der Waals surface area contributed by atoms with Crippen LogP contribution in [-0.2, 0) is 23.2 Å². The zero-order valence-electron chi connectivity index (χ0n) is 63.4. The fourth-order valence-corrected chi connectivity index (χ4v) is 19.1. The lowest BCUT2D eigenvalue weighted by atomic mass is 9.76. The lowest BCUT2D eigenvalue weighted by Crippen LogP contribution is -2.50. The predicted octanol–water partition coefficient (Wildman–Crippen LogP) is 14.1. The van der Waals surface area contributed by atoms with Gasteiger partial charge in [-0.25, -0.2) is 29.9 Å². The number of likely N-dealkylation sites (N-methyl/N-ethyl adjacent to an activating group) is 1. The number of rotatable bonds is 12. The molecule has 0 aromatic carbocycles. The van der Waals surface area contributed by atoms with E-state index in [9.17, 15) is 0 Å². The Bertz CT molecular complexity index is 4410. The number of hydrogen-bond donors (Lipinski definition) is 3. The molecule has 0 amide bonds. The number of piperazine rings is 3. The predicted molar refractivity (Wildman–Crippen MR) is 429 cm³/mol. The highest BCUT2D eigenvalue weighted by Gasteiger charge is 2.44. The number of thiocarbonyl (C=S) groups is 1. The maximum absolute atomic E-state index is 5.78. The number of nitrogens with zero attached hydrogens (tertiary/aromatic N) is 20. The first-order valence-corrected chi connectivity index (χ1v) is 40.0. The molecule has 24 heteroatoms. The molecule has 0 bridgehead atoms. The molecule has 9 aliphatic rings. The van der Waals surface area contributed by atoms with Gasteiger partial charge < -0.3 is 44.4 Å². The Balaban J connectivity index is 0.000000121. The normalized spacial score (nSPS) is 20.7. The summed E-state index contributed by atoms with van der Waals surface area (Å²) in [6.45, 7) is 31.5. The molecule has 3 N–H and O–H groups in total. The van der Waals surface area contributed by atoms with Crippen molar-refractivity contribution in [2.45, 2.75) is 199 Å². The summed E-state index contributed by atoms with van der Waals surface area (Å²) < 4.78 is 7.50. The number of pyridine rings is 3. The molecule has 6 aliphatic heterocycles. The van der Waals surface area contributed by atoms with Crippen LogP contribution in [0.3, 0.4) is 0 Å². The molecule has 15 heterocycles. The Hall–Kier alpha value is -8.29. The molecule has 0 unspecified atom stereocenters. The van der Waals surface area contributed by atoms with Crippen molar-refractivity contribution in [2.75, 3.05) is 129 Å². The molecule has 3 saturated heterocycles. The Morgan fingerprint density at radius 1 is 0.410 bits per heavy atom. The number of nitrogens with one attached hydrogen (secondary N) is 3. The highest BCUT2D eigenvalue weighted by molar-refractivity contribution is 7.80. The van der Waals surface area contributed by atoms with E-state index in [1.165, 1.54) is 130 Å². The first kappa shape index (κ1) is 71.0. The summed E-state index contributed by atoms with van der Waals surface area (Å²) in [5.74, 6) is 4.12. The van der Waals surface area contributed by atoms with Crippen LogP contribution in [0.15, 0.2) is 96.8 Å². The Kier molecular flexibility index (Phi) is 20.4. The zero-order valence-corrected chi connectivity index (χ0v) is 64.2. The van der Waals surface area contributed by atoms with E-state index in [-0.39, 0.29) is 16.6 Å². The van der Waals surface area contributed by atoms with Crippen LogP contribution in [0.5, 0.6) is 0 Å². The van der Waals surface area contributed by atoms with Gasteiger partial charge in [0, 0.05) is 161 Å². The molecule has 0 atom stereocenters. The van der Waals surface area contributed by atoms with Crippen molar-refractivity contribution >= 4 is 108 Å². The van der Waals surface area contributed by atoms with Crippen LogP contribution in [-0.4, -0.2) is 206 Å². The van der Waals surface area contributed by atoms with E-state index in [0.29, 0.717) is 36.0 Å². The Morgan fingerprint density at radius 3 is 1.20 bits per heavy atom. The molecule has 3 saturated carbocycles. The van der Waals surface area contributed by atoms with E-state index in [4.69, 9.17) is 37.1 Å². The van der Waals surface area contributed by atoms with Gasteiger partial charge in [0.25, 0.3) is 0 Å². The lowest BCUT2D eigenvalue weighted by Gasteiger charge is -2.46. The van der Waals surface area contributed by atoms with Gasteiger partial charge in [0.1, 0.15) is 34.4 Å². The fourth-order valence-electron chi connectivity index (χ4n) is 18.8. The third kappa shape index (κ3) is 14.6. The number of hydrogen-bond acceptors (Lipinski definition) is 21. The van der Waals surface area contributed by atoms with Gasteiger partial charge in [0.2, 0.25) is 17.8 Å². The second-order valence-corrected chi connectivity index (χ2v) is 32.9. The molecule has 3 spiro atoms. The molecule has 9 aromatic heterocycles. The standard InChI is InChI=1S/C27H38N8.C27H36N8.C27H35N7S/c1-20(2)33-11-13-34(14-12-33)22-7-8-24(28-17-22)30-26-29-16-21-15-23-18-32(3)19-27(9-5-4-6-10-27)35(23)25(21)31-26;1-19(2)33-11-13-34(14-12-33)22-7-8-24(28-17-22)31-26-29-16-21-15-23-20(3)30-18-27(9-5-4-6-10-27)35(23)25(21)32-26;1-19(2)32-12-14-33(15-13-32)21-6-7-24(28-18-21)30-26-29-17-20-16-22-23(35)8-11-27(9-4-3-5-10-27)34(22)25(20)31-26/h7-8,15-17,20H,4-6,9-14,18-19H2,1-3H3,(H,28,29,30,31);7-8,15-17,19H,4-6,9-14,18H2,1-3H3,(H,28,29,31,32);6-7,16-19H,3-5,8-15H2,1-2H3,(H,28,29,30,31). The topological polar surface area (TPSA) is 202 Å². The molecule has 9 aromatic rings. The van der Waals surface area contributed by atoms with E-state index in [1.54, 1.807) is 0 Å². The van der Waals surface area contributed by atoms with Gasteiger partial charge in [0.05, 0.1) is 70.4 Å². The van der Waals surface area contributed by atoms with Gasteiger partial charge in [0.15, 0.2) is 0 Å². The van der Waals surface area contributed by atoms with Crippen molar-refractivity contribution < 1.29 is 0 Å². The molecule has 6 fully saturated rings. The minimum absolute atomic E-state index is 0.0555. The molecule has 0 radical (unpaired) electrons. The van der Waals surface area contributed by atoms with Crippen LogP contribution in [0.25, 0.3) is 33.1 Å². The first-order valence-electron chi connectivity index (χ1n) is 39.6. The molecular weight excluding hydrogens is 1330 g/mol. The second kappa shape index (κ2) is 30.2. The van der Waals surface area contributed by atoms with Crippen molar-refractivity contribution in [3.8, 4) is 0 Å². The number of fused-ring (bicyclic) bond motifs is 12. The summed E-state index contributed by atoms with van der Waals surface area (Å²) >= 11 is 5.78. The van der Waals surface area contributed by atoms with Gasteiger partial charge >= 0.3 is 0 Å². The highest BCUT2D eigenvalue weighted by Crippen LogP contribution is 2.47. The minimum atomic E-state index is 0.0555. The summed E-state index contributed by atoms with van der Waals surface area (Å²) in [5.41, 5.74) is 11.8. The molecule has 554 valence electrons. The second-order valence-electron chi connectivity index (χ2n) is 32.4. The lowest BCUT2D eigenvalue weighted by molar-refractivity contribution is 0.0935. The van der Waals surface area contributed by atoms with Crippen molar-refractivity contribution in [3.63, 3.8) is 0 Å².